The predicted octanol–water partition coefficient (Wildman–Crippen LogP) is 4.78. The highest BCUT2D eigenvalue weighted by Crippen LogP contribution is 2.20. The molecule has 1 atom stereocenters. The van der Waals surface area contributed by atoms with Crippen LogP contribution in [0.1, 0.15) is 25.0 Å². The molecule has 0 bridgehead atoms. The normalized spacial score (nSPS) is 12.4. The second kappa shape index (κ2) is 13.2. The molecule has 7 nitrogen and oxygen atoms in total. The number of rotatable bonds is 11. The Morgan fingerprint density at radius 1 is 0.868 bits per heavy atom. The van der Waals surface area contributed by atoms with Crippen LogP contribution in [0.3, 0.4) is 0 Å². The fraction of sp³-hybridized carbons (Fsp3) is 0.286. The van der Waals surface area contributed by atoms with E-state index in [9.17, 15) is 18.0 Å². The fourth-order valence-corrected chi connectivity index (χ4v) is 5.38. The Labute approximate surface area is 234 Å². The van der Waals surface area contributed by atoms with Gasteiger partial charge in [0.2, 0.25) is 21.8 Å². The van der Waals surface area contributed by atoms with Gasteiger partial charge in [0.1, 0.15) is 6.04 Å². The van der Waals surface area contributed by atoms with E-state index < -0.39 is 28.5 Å². The third-order valence-corrected chi connectivity index (χ3v) is 8.13. The summed E-state index contributed by atoms with van der Waals surface area (Å²) in [6.45, 7) is 3.28. The summed E-state index contributed by atoms with van der Waals surface area (Å²) < 4.78 is 27.3. The van der Waals surface area contributed by atoms with Crippen LogP contribution in [0.15, 0.2) is 83.8 Å². The highest BCUT2D eigenvalue weighted by molar-refractivity contribution is 7.89. The lowest BCUT2D eigenvalue weighted by Gasteiger charge is -2.33. The molecule has 0 radical (unpaired) electrons. The van der Waals surface area contributed by atoms with Crippen LogP contribution in [0, 0.1) is 0 Å². The molecular weight excluding hydrogens is 545 g/mol. The van der Waals surface area contributed by atoms with Gasteiger partial charge in [-0.15, -0.1) is 0 Å². The van der Waals surface area contributed by atoms with E-state index in [1.807, 2.05) is 44.2 Å². The van der Waals surface area contributed by atoms with E-state index in [1.165, 1.54) is 36.2 Å². The van der Waals surface area contributed by atoms with Gasteiger partial charge >= 0.3 is 0 Å². The maximum atomic E-state index is 13.8. The summed E-state index contributed by atoms with van der Waals surface area (Å²) in [5.41, 5.74) is 1.58. The van der Waals surface area contributed by atoms with Crippen molar-refractivity contribution in [3.63, 3.8) is 0 Å². The van der Waals surface area contributed by atoms with Gasteiger partial charge < -0.3 is 10.2 Å². The van der Waals surface area contributed by atoms with Crippen molar-refractivity contribution in [2.45, 2.75) is 43.8 Å². The monoisotopic (exact) mass is 575 g/mol. The molecular formula is C28H31Cl2N3O4S. The highest BCUT2D eigenvalue weighted by Gasteiger charge is 2.33. The lowest BCUT2D eigenvalue weighted by atomic mass is 10.0. The van der Waals surface area contributed by atoms with Crippen LogP contribution in [-0.4, -0.2) is 55.1 Å². The van der Waals surface area contributed by atoms with Gasteiger partial charge in [-0.25, -0.2) is 8.42 Å². The van der Waals surface area contributed by atoms with E-state index in [2.05, 4.69) is 5.32 Å². The third kappa shape index (κ3) is 8.04. The zero-order valence-corrected chi connectivity index (χ0v) is 23.8. The molecule has 1 N–H and O–H groups in total. The molecule has 0 aliphatic carbocycles. The van der Waals surface area contributed by atoms with Crippen molar-refractivity contribution in [2.24, 2.45) is 0 Å². The minimum atomic E-state index is -3.98. The van der Waals surface area contributed by atoms with Crippen molar-refractivity contribution in [3.05, 3.63) is 100 Å². The molecule has 3 rings (SSSR count). The van der Waals surface area contributed by atoms with Crippen LogP contribution in [0.5, 0.6) is 0 Å². The summed E-state index contributed by atoms with van der Waals surface area (Å²) in [6.07, 6.45) is 0.249. The molecule has 0 saturated carbocycles. The van der Waals surface area contributed by atoms with Gasteiger partial charge in [-0.2, -0.15) is 4.31 Å². The topological polar surface area (TPSA) is 86.8 Å². The summed E-state index contributed by atoms with van der Waals surface area (Å²) in [7, 11) is -2.65. The van der Waals surface area contributed by atoms with E-state index in [1.54, 1.807) is 24.3 Å². The Balaban J connectivity index is 1.97. The molecule has 0 aliphatic heterocycles. The first kappa shape index (κ1) is 29.6. The number of carbonyl (C=O) groups excluding carboxylic acids is 2. The molecule has 0 spiro atoms. The van der Waals surface area contributed by atoms with Gasteiger partial charge in [-0.05, 0) is 61.4 Å². The van der Waals surface area contributed by atoms with Crippen molar-refractivity contribution >= 4 is 45.0 Å². The second-order valence-electron chi connectivity index (χ2n) is 9.24. The lowest BCUT2D eigenvalue weighted by molar-refractivity contribution is -0.141. The maximum absolute atomic E-state index is 13.8. The smallest absolute Gasteiger partial charge is 0.243 e. The number of hydrogen-bond acceptors (Lipinski definition) is 4. The van der Waals surface area contributed by atoms with E-state index >= 15 is 0 Å². The summed E-state index contributed by atoms with van der Waals surface area (Å²) >= 11 is 12.1. The van der Waals surface area contributed by atoms with Gasteiger partial charge in [0.25, 0.3) is 0 Å². The molecule has 0 aromatic heterocycles. The van der Waals surface area contributed by atoms with Gasteiger partial charge in [-0.3, -0.25) is 9.59 Å². The number of nitrogens with zero attached hydrogens (tertiary/aromatic N) is 2. The molecule has 3 aromatic carbocycles. The third-order valence-electron chi connectivity index (χ3n) is 5.82. The van der Waals surface area contributed by atoms with Gasteiger partial charge in [0.05, 0.1) is 11.4 Å². The highest BCUT2D eigenvalue weighted by atomic mass is 35.5. The van der Waals surface area contributed by atoms with Crippen LogP contribution in [-0.2, 0) is 32.6 Å². The summed E-state index contributed by atoms with van der Waals surface area (Å²) in [4.78, 5) is 28.6. The Bertz CT molecular complexity index is 1350. The zero-order chi connectivity index (χ0) is 27.9. The second-order valence-corrected chi connectivity index (χ2v) is 12.2. The van der Waals surface area contributed by atoms with E-state index in [0.717, 1.165) is 9.87 Å². The van der Waals surface area contributed by atoms with Crippen LogP contribution in [0.25, 0.3) is 0 Å². The van der Waals surface area contributed by atoms with Crippen molar-refractivity contribution < 1.29 is 18.0 Å². The number of sulfonamides is 1. The molecule has 0 saturated heterocycles. The van der Waals surface area contributed by atoms with Gasteiger partial charge in [-0.1, -0.05) is 65.7 Å². The number of hydrogen-bond donors (Lipinski definition) is 1. The minimum Gasteiger partial charge on any atom is -0.352 e. The Hall–Kier alpha value is -2.91. The summed E-state index contributed by atoms with van der Waals surface area (Å²) in [6, 6.07) is 21.0. The molecule has 3 aromatic rings. The first-order chi connectivity index (χ1) is 18.0. The minimum absolute atomic E-state index is 0.0111. The SMILES string of the molecule is CC(C)NC(=O)[C@@H](Cc1ccccc1)N(Cc1cccc(Cl)c1)C(=O)CN(C)S(=O)(=O)c1ccc(Cl)cc1. The molecule has 2 amide bonds. The summed E-state index contributed by atoms with van der Waals surface area (Å²) in [5.74, 6) is -0.854. The fourth-order valence-electron chi connectivity index (χ4n) is 3.92. The molecule has 10 heteroatoms. The molecule has 38 heavy (non-hydrogen) atoms. The molecule has 202 valence electrons. The number of benzene rings is 3. The molecule has 0 fully saturated rings. The standard InChI is InChI=1S/C28H31Cl2N3O4S/c1-20(2)31-28(35)26(17-21-8-5-4-6-9-21)33(18-22-10-7-11-24(30)16-22)27(34)19-32(3)38(36,37)25-14-12-23(29)13-15-25/h4-16,20,26H,17-19H2,1-3H3,(H,31,35)/t26-/m1/s1. The number of likely N-dealkylation sites (N-methyl/N-ethyl adjacent to an activating group) is 1. The molecule has 0 unspecified atom stereocenters. The van der Waals surface area contributed by atoms with Crippen LogP contribution in [0.4, 0.5) is 0 Å². The molecule has 0 heterocycles. The Morgan fingerprint density at radius 3 is 2.11 bits per heavy atom. The Kier molecular flexibility index (Phi) is 10.3. The largest absolute Gasteiger partial charge is 0.352 e. The zero-order valence-electron chi connectivity index (χ0n) is 21.5. The Morgan fingerprint density at radius 2 is 1.50 bits per heavy atom. The predicted molar refractivity (Wildman–Crippen MR) is 150 cm³/mol. The van der Waals surface area contributed by atoms with E-state index in [4.69, 9.17) is 23.2 Å². The van der Waals surface area contributed by atoms with Crippen molar-refractivity contribution in [1.29, 1.82) is 0 Å². The van der Waals surface area contributed by atoms with Crippen molar-refractivity contribution in [3.8, 4) is 0 Å². The summed E-state index contributed by atoms with van der Waals surface area (Å²) in [5, 5.41) is 3.79. The van der Waals surface area contributed by atoms with Gasteiger partial charge in [0, 0.05) is 36.1 Å². The quantitative estimate of drug-likeness (QED) is 0.356. The lowest BCUT2D eigenvalue weighted by Crippen LogP contribution is -2.53. The average Bonchev–Trinajstić information content (AvgIpc) is 2.86. The number of amides is 2. The number of nitrogens with one attached hydrogen (secondary N) is 1. The first-order valence-electron chi connectivity index (χ1n) is 12.1. The molecule has 0 aliphatic rings. The van der Waals surface area contributed by atoms with Crippen LogP contribution in [0.2, 0.25) is 10.0 Å². The average molecular weight is 577 g/mol. The first-order valence-corrected chi connectivity index (χ1v) is 14.3. The van der Waals surface area contributed by atoms with Crippen molar-refractivity contribution in [1.82, 2.24) is 14.5 Å². The number of halogens is 2. The van der Waals surface area contributed by atoms with Gasteiger partial charge in [0.15, 0.2) is 0 Å². The van der Waals surface area contributed by atoms with Crippen LogP contribution < -0.4 is 5.32 Å². The van der Waals surface area contributed by atoms with E-state index in [0.29, 0.717) is 15.6 Å². The van der Waals surface area contributed by atoms with E-state index in [-0.39, 0.29) is 29.8 Å². The maximum Gasteiger partial charge on any atom is 0.243 e. The van der Waals surface area contributed by atoms with Crippen molar-refractivity contribution in [2.75, 3.05) is 13.6 Å². The number of carbonyl (C=O) groups is 2. The van der Waals surface area contributed by atoms with Crippen LogP contribution >= 0.6 is 23.2 Å².